The van der Waals surface area contributed by atoms with Crippen LogP contribution < -0.4 is 0 Å². The molecule has 26 heavy (non-hydrogen) atoms. The maximum absolute atomic E-state index is 12.7. The van der Waals surface area contributed by atoms with E-state index in [1.165, 1.54) is 23.6 Å². The van der Waals surface area contributed by atoms with Crippen LogP contribution in [0.5, 0.6) is 0 Å². The lowest BCUT2D eigenvalue weighted by Gasteiger charge is -2.26. The number of imide groups is 1. The van der Waals surface area contributed by atoms with Crippen molar-refractivity contribution in [3.05, 3.63) is 35.4 Å². The van der Waals surface area contributed by atoms with Crippen LogP contribution in [0.3, 0.4) is 0 Å². The Bertz CT molecular complexity index is 699. The first kappa shape index (κ1) is 20.0. The number of carbonyl (C=O) groups is 4. The zero-order chi connectivity index (χ0) is 19.4. The van der Waals surface area contributed by atoms with Crippen LogP contribution in [0.1, 0.15) is 34.1 Å². The van der Waals surface area contributed by atoms with Crippen molar-refractivity contribution < 1.29 is 23.9 Å². The lowest BCUT2D eigenvalue weighted by molar-refractivity contribution is -0.161. The fraction of sp³-hybridized carbons (Fsp3) is 0.444. The Labute approximate surface area is 156 Å². The van der Waals surface area contributed by atoms with Crippen LogP contribution in [0.25, 0.3) is 0 Å². The summed E-state index contributed by atoms with van der Waals surface area (Å²) in [5.74, 6) is -1.59. The van der Waals surface area contributed by atoms with Crippen molar-refractivity contribution in [1.29, 1.82) is 0 Å². The minimum absolute atomic E-state index is 0.258. The smallest absolute Gasteiger partial charge is 0.330 e. The number of amides is 3. The molecule has 1 aliphatic rings. The Balaban J connectivity index is 2.25. The maximum atomic E-state index is 12.7. The molecule has 0 unspecified atom stereocenters. The van der Waals surface area contributed by atoms with Gasteiger partial charge < -0.3 is 9.64 Å². The molecule has 0 bridgehead atoms. The Morgan fingerprint density at radius 2 is 1.69 bits per heavy atom. The second kappa shape index (κ2) is 8.35. The predicted octanol–water partition coefficient (Wildman–Crippen LogP) is 1.42. The number of fused-ring (bicyclic) bond motifs is 1. The molecule has 0 saturated carbocycles. The molecule has 0 N–H and O–H groups in total. The Hall–Kier alpha value is -2.35. The highest BCUT2D eigenvalue weighted by atomic mass is 32.2. The van der Waals surface area contributed by atoms with E-state index in [4.69, 9.17) is 4.74 Å². The third-order valence-electron chi connectivity index (χ3n) is 4.09. The van der Waals surface area contributed by atoms with Crippen LogP contribution in [-0.4, -0.2) is 71.7 Å². The summed E-state index contributed by atoms with van der Waals surface area (Å²) in [5.41, 5.74) is 0.550. The predicted molar refractivity (Wildman–Crippen MR) is 98.0 cm³/mol. The number of ether oxygens (including phenoxy) is 1. The van der Waals surface area contributed by atoms with E-state index in [9.17, 15) is 19.2 Å². The highest BCUT2D eigenvalue weighted by molar-refractivity contribution is 7.98. The van der Waals surface area contributed by atoms with Gasteiger partial charge in [-0.1, -0.05) is 12.1 Å². The van der Waals surface area contributed by atoms with Gasteiger partial charge in [0.1, 0.15) is 6.04 Å². The molecular weight excluding hydrogens is 356 g/mol. The normalized spacial score (nSPS) is 15.5. The van der Waals surface area contributed by atoms with E-state index in [-0.39, 0.29) is 23.5 Å². The fourth-order valence-corrected chi connectivity index (χ4v) is 3.20. The highest BCUT2D eigenvalue weighted by Gasteiger charge is 2.43. The summed E-state index contributed by atoms with van der Waals surface area (Å²) in [5, 5.41) is 0. The third-order valence-corrected chi connectivity index (χ3v) is 4.73. The second-order valence-electron chi connectivity index (χ2n) is 6.13. The molecule has 8 heteroatoms. The number of likely N-dealkylation sites (N-methyl/N-ethyl adjacent to an activating group) is 1. The van der Waals surface area contributed by atoms with Crippen LogP contribution in [0.15, 0.2) is 24.3 Å². The summed E-state index contributed by atoms with van der Waals surface area (Å²) < 4.78 is 5.26. The minimum atomic E-state index is -1.06. The van der Waals surface area contributed by atoms with Gasteiger partial charge in [-0.25, -0.2) is 4.79 Å². The molecule has 7 nitrogen and oxygen atoms in total. The van der Waals surface area contributed by atoms with Gasteiger partial charge >= 0.3 is 5.97 Å². The number of hydrogen-bond donors (Lipinski definition) is 0. The number of nitrogens with zero attached hydrogens (tertiary/aromatic N) is 2. The first-order valence-corrected chi connectivity index (χ1v) is 9.56. The highest BCUT2D eigenvalue weighted by Crippen LogP contribution is 2.26. The Morgan fingerprint density at radius 1 is 1.15 bits per heavy atom. The van der Waals surface area contributed by atoms with Gasteiger partial charge in [0.15, 0.2) is 6.10 Å². The topological polar surface area (TPSA) is 84.0 Å². The van der Waals surface area contributed by atoms with Crippen LogP contribution in [0.4, 0.5) is 0 Å². The molecule has 1 aromatic rings. The van der Waals surface area contributed by atoms with Crippen molar-refractivity contribution in [2.24, 2.45) is 0 Å². The summed E-state index contributed by atoms with van der Waals surface area (Å²) >= 11 is 1.49. The Morgan fingerprint density at radius 3 is 2.15 bits per heavy atom. The molecule has 0 aliphatic carbocycles. The van der Waals surface area contributed by atoms with Gasteiger partial charge in [0.2, 0.25) is 0 Å². The lowest BCUT2D eigenvalue weighted by atomic mass is 10.1. The largest absolute Gasteiger partial charge is 0.451 e. The van der Waals surface area contributed by atoms with E-state index in [2.05, 4.69) is 0 Å². The standard InChI is InChI=1S/C18H22N2O5S/c1-11(15(21)19(2)3)25-18(24)14(9-10-26-4)20-16(22)12-7-5-6-8-13(12)17(20)23/h5-8,11,14H,9-10H2,1-4H3/t11-,14-/m1/s1. The van der Waals surface area contributed by atoms with Gasteiger partial charge in [0, 0.05) is 14.1 Å². The van der Waals surface area contributed by atoms with E-state index in [0.29, 0.717) is 5.75 Å². The molecule has 0 fully saturated rings. The third kappa shape index (κ3) is 3.90. The zero-order valence-corrected chi connectivity index (χ0v) is 16.0. The molecule has 3 amide bonds. The molecule has 140 valence electrons. The molecule has 0 spiro atoms. The molecule has 1 aliphatic heterocycles. The number of carbonyl (C=O) groups excluding carboxylic acids is 4. The van der Waals surface area contributed by atoms with E-state index in [0.717, 1.165) is 4.90 Å². The summed E-state index contributed by atoms with van der Waals surface area (Å²) in [6.07, 6.45) is 1.13. The Kier molecular flexibility index (Phi) is 6.42. The number of thioether (sulfide) groups is 1. The average molecular weight is 378 g/mol. The van der Waals surface area contributed by atoms with Gasteiger partial charge in [-0.05, 0) is 37.5 Å². The second-order valence-corrected chi connectivity index (χ2v) is 7.12. The van der Waals surface area contributed by atoms with Gasteiger partial charge in [0.25, 0.3) is 17.7 Å². The molecular formula is C18H22N2O5S. The summed E-state index contributed by atoms with van der Waals surface area (Å²) in [6, 6.07) is 5.39. The van der Waals surface area contributed by atoms with Crippen LogP contribution >= 0.6 is 11.8 Å². The maximum Gasteiger partial charge on any atom is 0.330 e. The summed E-state index contributed by atoms with van der Waals surface area (Å²) in [4.78, 5) is 52.2. The average Bonchev–Trinajstić information content (AvgIpc) is 2.86. The van der Waals surface area contributed by atoms with Crippen molar-refractivity contribution in [3.63, 3.8) is 0 Å². The van der Waals surface area contributed by atoms with Crippen molar-refractivity contribution in [2.75, 3.05) is 26.1 Å². The van der Waals surface area contributed by atoms with Gasteiger partial charge in [-0.2, -0.15) is 11.8 Å². The summed E-state index contributed by atoms with van der Waals surface area (Å²) in [6.45, 7) is 1.47. The first-order valence-electron chi connectivity index (χ1n) is 8.17. The molecule has 2 atom stereocenters. The van der Waals surface area contributed by atoms with Crippen LogP contribution in [0.2, 0.25) is 0 Å². The number of esters is 1. The SMILES string of the molecule is CSCC[C@H](C(=O)O[C@H](C)C(=O)N(C)C)N1C(=O)c2ccccc2C1=O. The molecule has 1 heterocycles. The van der Waals surface area contributed by atoms with Gasteiger partial charge in [-0.3, -0.25) is 19.3 Å². The minimum Gasteiger partial charge on any atom is -0.451 e. The van der Waals surface area contributed by atoms with Crippen LogP contribution in [0, 0.1) is 0 Å². The molecule has 0 saturated heterocycles. The van der Waals surface area contributed by atoms with E-state index in [1.54, 1.807) is 38.4 Å². The van der Waals surface area contributed by atoms with Gasteiger partial charge in [0.05, 0.1) is 11.1 Å². The monoisotopic (exact) mass is 378 g/mol. The molecule has 1 aromatic carbocycles. The van der Waals surface area contributed by atoms with Crippen molar-refractivity contribution >= 4 is 35.5 Å². The first-order chi connectivity index (χ1) is 12.3. The van der Waals surface area contributed by atoms with Crippen molar-refractivity contribution in [2.45, 2.75) is 25.5 Å². The lowest BCUT2D eigenvalue weighted by Crippen LogP contribution is -2.48. The van der Waals surface area contributed by atoms with Crippen LogP contribution in [-0.2, 0) is 14.3 Å². The van der Waals surface area contributed by atoms with Crippen molar-refractivity contribution in [3.8, 4) is 0 Å². The zero-order valence-electron chi connectivity index (χ0n) is 15.2. The van der Waals surface area contributed by atoms with E-state index >= 15 is 0 Å². The van der Waals surface area contributed by atoms with Crippen molar-refractivity contribution in [1.82, 2.24) is 9.80 Å². The fourth-order valence-electron chi connectivity index (χ4n) is 2.74. The number of benzene rings is 1. The quantitative estimate of drug-likeness (QED) is 0.527. The molecule has 2 rings (SSSR count). The van der Waals surface area contributed by atoms with Gasteiger partial charge in [-0.15, -0.1) is 0 Å². The van der Waals surface area contributed by atoms with E-state index in [1.807, 2.05) is 6.26 Å². The summed E-state index contributed by atoms with van der Waals surface area (Å²) in [7, 11) is 3.12. The number of hydrogen-bond acceptors (Lipinski definition) is 6. The number of rotatable bonds is 7. The molecule has 0 radical (unpaired) electrons. The molecule has 0 aromatic heterocycles. The van der Waals surface area contributed by atoms with E-state index < -0.39 is 29.9 Å².